The highest BCUT2D eigenvalue weighted by atomic mass is 79.9. The Morgan fingerprint density at radius 2 is 2.04 bits per heavy atom. The average Bonchev–Trinajstić information content (AvgIpc) is 3.21. The first kappa shape index (κ1) is 18.5. The molecule has 1 aromatic carbocycles. The number of hydrogen-bond donors (Lipinski definition) is 2. The maximum Gasteiger partial charge on any atom is 0.172 e. The number of hydrogen-bond acceptors (Lipinski definition) is 3. The lowest BCUT2D eigenvalue weighted by Gasteiger charge is -2.07. The van der Waals surface area contributed by atoms with Crippen molar-refractivity contribution < 1.29 is 4.39 Å². The average molecular weight is 437 g/mol. The Hall–Kier alpha value is -2.26. The molecule has 0 saturated carbocycles. The van der Waals surface area contributed by atoms with Crippen LogP contribution in [0.25, 0.3) is 0 Å². The van der Waals surface area contributed by atoms with Crippen molar-refractivity contribution >= 4 is 39.1 Å². The smallest absolute Gasteiger partial charge is 0.172 e. The third-order valence-electron chi connectivity index (χ3n) is 3.70. The lowest BCUT2D eigenvalue weighted by Crippen LogP contribution is -2.28. The molecule has 136 valence electrons. The summed E-state index contributed by atoms with van der Waals surface area (Å²) in [6.07, 6.45) is 3.70. The second kappa shape index (κ2) is 8.41. The summed E-state index contributed by atoms with van der Waals surface area (Å²) in [5.74, 6) is 0.351. The number of nitrogens with zero attached hydrogens (tertiary/aromatic N) is 4. The van der Waals surface area contributed by atoms with Crippen LogP contribution in [0.3, 0.4) is 0 Å². The van der Waals surface area contributed by atoms with Gasteiger partial charge in [-0.1, -0.05) is 18.2 Å². The minimum absolute atomic E-state index is 0.244. The molecule has 2 N–H and O–H groups in total. The molecule has 0 spiro atoms. The van der Waals surface area contributed by atoms with Gasteiger partial charge in [0.15, 0.2) is 10.9 Å². The van der Waals surface area contributed by atoms with Crippen LogP contribution in [0.4, 0.5) is 10.2 Å². The van der Waals surface area contributed by atoms with Crippen molar-refractivity contribution in [1.82, 2.24) is 24.9 Å². The van der Waals surface area contributed by atoms with Gasteiger partial charge in [0.1, 0.15) is 5.82 Å². The number of rotatable bonds is 6. The highest BCUT2D eigenvalue weighted by Crippen LogP contribution is 2.14. The second-order valence-electron chi connectivity index (χ2n) is 5.58. The summed E-state index contributed by atoms with van der Waals surface area (Å²) in [7, 11) is 0. The summed E-state index contributed by atoms with van der Waals surface area (Å²) in [4.78, 5) is 0. The maximum absolute atomic E-state index is 13.7. The van der Waals surface area contributed by atoms with E-state index < -0.39 is 0 Å². The zero-order valence-electron chi connectivity index (χ0n) is 14.1. The summed E-state index contributed by atoms with van der Waals surface area (Å²) in [6, 6.07) is 8.44. The van der Waals surface area contributed by atoms with E-state index >= 15 is 0 Å². The van der Waals surface area contributed by atoms with Crippen molar-refractivity contribution in [3.8, 4) is 0 Å². The highest BCUT2D eigenvalue weighted by molar-refractivity contribution is 9.10. The zero-order valence-corrected chi connectivity index (χ0v) is 16.5. The predicted octanol–water partition coefficient (Wildman–Crippen LogP) is 3.54. The van der Waals surface area contributed by atoms with Crippen molar-refractivity contribution in [2.75, 3.05) is 5.32 Å². The third-order valence-corrected chi connectivity index (χ3v) is 4.61. The Bertz CT molecular complexity index is 906. The van der Waals surface area contributed by atoms with Gasteiger partial charge in [0.25, 0.3) is 0 Å². The van der Waals surface area contributed by atoms with Gasteiger partial charge in [-0.15, -0.1) is 0 Å². The fourth-order valence-corrected chi connectivity index (χ4v) is 2.99. The number of aryl methyl sites for hydroxylation is 1. The summed E-state index contributed by atoms with van der Waals surface area (Å²) >= 11 is 8.77. The number of thiocarbonyl (C=S) groups is 1. The normalized spacial score (nSPS) is 10.7. The van der Waals surface area contributed by atoms with E-state index in [1.54, 1.807) is 35.1 Å². The molecule has 2 aromatic heterocycles. The number of halogens is 2. The van der Waals surface area contributed by atoms with Crippen molar-refractivity contribution in [1.29, 1.82) is 0 Å². The molecule has 0 atom stereocenters. The van der Waals surface area contributed by atoms with Gasteiger partial charge in [0, 0.05) is 30.6 Å². The molecule has 6 nitrogen and oxygen atoms in total. The zero-order chi connectivity index (χ0) is 18.5. The molecule has 0 aliphatic heterocycles. The third kappa shape index (κ3) is 4.67. The summed E-state index contributed by atoms with van der Waals surface area (Å²) in [5.41, 5.74) is 1.46. The van der Waals surface area contributed by atoms with Gasteiger partial charge in [-0.05, 0) is 41.1 Å². The monoisotopic (exact) mass is 436 g/mol. The Labute approximate surface area is 164 Å². The Kier molecular flexibility index (Phi) is 6.00. The molecule has 0 aliphatic rings. The van der Waals surface area contributed by atoms with Crippen LogP contribution in [0.1, 0.15) is 18.2 Å². The first-order valence-corrected chi connectivity index (χ1v) is 9.29. The summed E-state index contributed by atoms with van der Waals surface area (Å²) in [5, 5.41) is 15.4. The van der Waals surface area contributed by atoms with Gasteiger partial charge in [-0.25, -0.2) is 4.39 Å². The van der Waals surface area contributed by atoms with Crippen LogP contribution < -0.4 is 10.6 Å². The van der Waals surface area contributed by atoms with E-state index in [1.807, 2.05) is 17.8 Å². The van der Waals surface area contributed by atoms with Crippen molar-refractivity contribution in [3.63, 3.8) is 0 Å². The first-order chi connectivity index (χ1) is 12.5. The molecule has 0 saturated heterocycles. The molecule has 0 unspecified atom stereocenters. The minimum atomic E-state index is -0.244. The fourth-order valence-electron chi connectivity index (χ4n) is 2.36. The summed E-state index contributed by atoms with van der Waals surface area (Å²) in [6.45, 7) is 3.69. The molecule has 3 aromatic rings. The standard InChI is InChI=1S/C17H18BrFN6S/c1-2-24-11-13(18)15(22-24)9-20-17(26)21-16-7-8-25(23-16)10-12-5-3-4-6-14(12)19/h3-8,11H,2,9-10H2,1H3,(H2,20,21,23,26). The minimum Gasteiger partial charge on any atom is -0.357 e. The number of anilines is 1. The maximum atomic E-state index is 13.7. The molecule has 0 fully saturated rings. The van der Waals surface area contributed by atoms with E-state index in [2.05, 4.69) is 36.8 Å². The van der Waals surface area contributed by atoms with Crippen molar-refractivity contribution in [2.45, 2.75) is 26.6 Å². The van der Waals surface area contributed by atoms with Crippen LogP contribution in [0.5, 0.6) is 0 Å². The van der Waals surface area contributed by atoms with Crippen LogP contribution in [0.15, 0.2) is 47.2 Å². The van der Waals surface area contributed by atoms with Gasteiger partial charge in [0.2, 0.25) is 0 Å². The fraction of sp³-hybridized carbons (Fsp3) is 0.235. The van der Waals surface area contributed by atoms with Crippen molar-refractivity contribution in [3.05, 3.63) is 64.3 Å². The highest BCUT2D eigenvalue weighted by Gasteiger charge is 2.08. The van der Waals surface area contributed by atoms with Crippen LogP contribution in [0, 0.1) is 5.82 Å². The number of benzene rings is 1. The molecule has 0 amide bonds. The Morgan fingerprint density at radius 1 is 1.23 bits per heavy atom. The molecule has 0 radical (unpaired) electrons. The van der Waals surface area contributed by atoms with Crippen LogP contribution >= 0.6 is 28.1 Å². The van der Waals surface area contributed by atoms with E-state index in [1.165, 1.54) is 6.07 Å². The number of nitrogens with one attached hydrogen (secondary N) is 2. The van der Waals surface area contributed by atoms with E-state index in [0.29, 0.717) is 29.6 Å². The molecule has 3 rings (SSSR count). The topological polar surface area (TPSA) is 59.7 Å². The van der Waals surface area contributed by atoms with E-state index in [9.17, 15) is 4.39 Å². The first-order valence-electron chi connectivity index (χ1n) is 8.08. The summed E-state index contributed by atoms with van der Waals surface area (Å²) < 4.78 is 18.2. The quantitative estimate of drug-likeness (QED) is 0.578. The van der Waals surface area contributed by atoms with Gasteiger partial charge >= 0.3 is 0 Å². The Balaban J connectivity index is 1.54. The van der Waals surface area contributed by atoms with Crippen LogP contribution in [-0.4, -0.2) is 24.7 Å². The van der Waals surface area contributed by atoms with Gasteiger partial charge < -0.3 is 10.6 Å². The predicted molar refractivity (Wildman–Crippen MR) is 106 cm³/mol. The number of aromatic nitrogens is 4. The molecule has 26 heavy (non-hydrogen) atoms. The van der Waals surface area contributed by atoms with Crippen molar-refractivity contribution in [2.24, 2.45) is 0 Å². The second-order valence-corrected chi connectivity index (χ2v) is 6.84. The van der Waals surface area contributed by atoms with Gasteiger partial charge in [-0.3, -0.25) is 9.36 Å². The van der Waals surface area contributed by atoms with E-state index in [-0.39, 0.29) is 5.82 Å². The van der Waals surface area contributed by atoms with Crippen LogP contribution in [-0.2, 0) is 19.6 Å². The SMILES string of the molecule is CCn1cc(Br)c(CNC(=S)Nc2ccn(Cc3ccccc3F)n2)n1. The molecule has 2 heterocycles. The van der Waals surface area contributed by atoms with Crippen LogP contribution in [0.2, 0.25) is 0 Å². The van der Waals surface area contributed by atoms with E-state index in [0.717, 1.165) is 16.7 Å². The molecule has 0 bridgehead atoms. The van der Waals surface area contributed by atoms with Gasteiger partial charge in [0.05, 0.1) is 23.3 Å². The lowest BCUT2D eigenvalue weighted by atomic mass is 10.2. The largest absolute Gasteiger partial charge is 0.357 e. The molecule has 0 aliphatic carbocycles. The van der Waals surface area contributed by atoms with Gasteiger partial charge in [-0.2, -0.15) is 10.2 Å². The molecular formula is C17H18BrFN6S. The molecular weight excluding hydrogens is 419 g/mol. The Morgan fingerprint density at radius 3 is 2.77 bits per heavy atom. The molecule has 9 heteroatoms. The van der Waals surface area contributed by atoms with E-state index in [4.69, 9.17) is 12.2 Å². The lowest BCUT2D eigenvalue weighted by molar-refractivity contribution is 0.586.